The number of amides is 1. The minimum Gasteiger partial charge on any atom is -0.450 e. The van der Waals surface area contributed by atoms with Gasteiger partial charge in [-0.2, -0.15) is 0 Å². The van der Waals surface area contributed by atoms with E-state index >= 15 is 0 Å². The normalized spacial score (nSPS) is 12.6. The van der Waals surface area contributed by atoms with Crippen LogP contribution < -0.4 is 5.43 Å². The fourth-order valence-electron chi connectivity index (χ4n) is 0.808. The molecule has 0 saturated heterocycles. The zero-order valence-electron chi connectivity index (χ0n) is 9.72. The van der Waals surface area contributed by atoms with Crippen LogP contribution in [0.4, 0.5) is 0 Å². The minimum absolute atomic E-state index is 0.398. The van der Waals surface area contributed by atoms with Gasteiger partial charge in [-0.3, -0.25) is 14.4 Å². The number of nitrogens with zero attached hydrogens (tertiary/aromatic N) is 1. The first-order chi connectivity index (χ1) is 7.86. The summed E-state index contributed by atoms with van der Waals surface area (Å²) in [7, 11) is 0. The van der Waals surface area contributed by atoms with E-state index in [2.05, 4.69) is 14.6 Å². The number of nitrogens with one attached hydrogen (secondary N) is 1. The molecule has 8 heteroatoms. The molecule has 8 nitrogen and oxygen atoms in total. The van der Waals surface area contributed by atoms with Gasteiger partial charge in [0.1, 0.15) is 0 Å². The van der Waals surface area contributed by atoms with Gasteiger partial charge in [-0.05, 0) is 0 Å². The van der Waals surface area contributed by atoms with Crippen molar-refractivity contribution in [3.8, 4) is 0 Å². The first kappa shape index (κ1) is 15.0. The number of hydrogen-bond donors (Lipinski definition) is 2. The van der Waals surface area contributed by atoms with Crippen LogP contribution in [-0.2, 0) is 23.9 Å². The molecule has 0 rings (SSSR count). The van der Waals surface area contributed by atoms with Crippen molar-refractivity contribution in [2.45, 2.75) is 26.9 Å². The van der Waals surface area contributed by atoms with Crippen LogP contribution in [-0.4, -0.2) is 41.6 Å². The summed E-state index contributed by atoms with van der Waals surface area (Å²) in [5, 5.41) is 12.4. The molecule has 0 spiro atoms. The number of hydrogen-bond acceptors (Lipinski definition) is 7. The minimum atomic E-state index is -1.25. The molecule has 1 amide bonds. The Morgan fingerprint density at radius 2 is 1.82 bits per heavy atom. The van der Waals surface area contributed by atoms with Gasteiger partial charge in [0.05, 0.1) is 6.61 Å². The van der Waals surface area contributed by atoms with Gasteiger partial charge in [-0.1, -0.05) is 0 Å². The van der Waals surface area contributed by atoms with Crippen molar-refractivity contribution in [2.75, 3.05) is 6.61 Å². The van der Waals surface area contributed by atoms with Crippen LogP contribution >= 0.6 is 0 Å². The van der Waals surface area contributed by atoms with Gasteiger partial charge in [0.2, 0.25) is 12.0 Å². The molecule has 0 radical (unpaired) electrons. The lowest BCUT2D eigenvalue weighted by atomic mass is 10.3. The maximum atomic E-state index is 10.8. The smallest absolute Gasteiger partial charge is 0.309 e. The number of ether oxygens (including phenoxy) is 2. The summed E-state index contributed by atoms with van der Waals surface area (Å²) in [6, 6.07) is 0. The molecule has 0 aliphatic heterocycles. The van der Waals surface area contributed by atoms with E-state index in [1.807, 2.05) is 5.43 Å². The van der Waals surface area contributed by atoms with E-state index in [0.717, 1.165) is 13.8 Å². The second-order valence-corrected chi connectivity index (χ2v) is 2.99. The Hall–Kier alpha value is -1.96. The van der Waals surface area contributed by atoms with Crippen LogP contribution in [0.5, 0.6) is 0 Å². The third-order valence-corrected chi connectivity index (χ3v) is 1.32. The summed E-state index contributed by atoms with van der Waals surface area (Å²) in [6.45, 7) is 2.78. The Balaban J connectivity index is 4.84. The highest BCUT2D eigenvalue weighted by Gasteiger charge is 2.22. The van der Waals surface area contributed by atoms with Gasteiger partial charge in [-0.25, -0.2) is 5.43 Å². The van der Waals surface area contributed by atoms with Crippen molar-refractivity contribution in [2.24, 2.45) is 5.10 Å². The Labute approximate surface area is 97.6 Å². The SMILES string of the molecule is CC(=O)N/N=C(\OC(C)=O)C(CO)OC(C)=O. The number of rotatable bonds is 4. The van der Waals surface area contributed by atoms with E-state index in [9.17, 15) is 14.4 Å². The summed E-state index contributed by atoms with van der Waals surface area (Å²) in [5.41, 5.74) is 2.01. The fraction of sp³-hybridized carbons (Fsp3) is 0.556. The van der Waals surface area contributed by atoms with Crippen molar-refractivity contribution in [3.05, 3.63) is 0 Å². The van der Waals surface area contributed by atoms with Crippen molar-refractivity contribution in [1.29, 1.82) is 0 Å². The van der Waals surface area contributed by atoms with E-state index < -0.39 is 36.5 Å². The van der Waals surface area contributed by atoms with Crippen molar-refractivity contribution in [1.82, 2.24) is 5.43 Å². The average Bonchev–Trinajstić information content (AvgIpc) is 2.20. The molecule has 1 atom stereocenters. The van der Waals surface area contributed by atoms with Gasteiger partial charge < -0.3 is 14.6 Å². The lowest BCUT2D eigenvalue weighted by Gasteiger charge is -2.15. The van der Waals surface area contributed by atoms with Crippen LogP contribution in [0.15, 0.2) is 5.10 Å². The van der Waals surface area contributed by atoms with E-state index in [0.29, 0.717) is 0 Å². The number of carbonyl (C=O) groups is 3. The van der Waals surface area contributed by atoms with Crippen LogP contribution in [0, 0.1) is 0 Å². The van der Waals surface area contributed by atoms with Gasteiger partial charge in [0.25, 0.3) is 5.90 Å². The maximum Gasteiger partial charge on any atom is 0.309 e. The molecule has 17 heavy (non-hydrogen) atoms. The van der Waals surface area contributed by atoms with Crippen LogP contribution in [0.25, 0.3) is 0 Å². The quantitative estimate of drug-likeness (QED) is 0.282. The largest absolute Gasteiger partial charge is 0.450 e. The number of esters is 2. The topological polar surface area (TPSA) is 114 Å². The highest BCUT2D eigenvalue weighted by Crippen LogP contribution is 1.99. The van der Waals surface area contributed by atoms with E-state index in [-0.39, 0.29) is 0 Å². The molecule has 0 heterocycles. The molecule has 1 unspecified atom stereocenters. The molecule has 0 saturated carbocycles. The zero-order chi connectivity index (χ0) is 13.4. The van der Waals surface area contributed by atoms with Gasteiger partial charge in [0.15, 0.2) is 0 Å². The average molecular weight is 246 g/mol. The number of aliphatic hydroxyl groups excluding tert-OH is 1. The molecule has 0 bridgehead atoms. The van der Waals surface area contributed by atoms with Crippen molar-refractivity contribution >= 4 is 23.7 Å². The fourth-order valence-corrected chi connectivity index (χ4v) is 0.808. The summed E-state index contributed by atoms with van der Waals surface area (Å²) in [5.74, 6) is -2.31. The van der Waals surface area contributed by atoms with Gasteiger partial charge in [-0.15, -0.1) is 5.10 Å². The predicted octanol–water partition coefficient (Wildman–Crippen LogP) is -1.08. The van der Waals surface area contributed by atoms with Crippen molar-refractivity contribution in [3.63, 3.8) is 0 Å². The second kappa shape index (κ2) is 7.34. The Kier molecular flexibility index (Phi) is 6.49. The number of carbonyl (C=O) groups excluding carboxylic acids is 3. The van der Waals surface area contributed by atoms with E-state index in [1.54, 1.807) is 0 Å². The molecule has 0 aliphatic rings. The second-order valence-electron chi connectivity index (χ2n) is 2.99. The number of aliphatic hydroxyl groups is 1. The Morgan fingerprint density at radius 1 is 1.24 bits per heavy atom. The molecule has 0 aromatic carbocycles. The predicted molar refractivity (Wildman–Crippen MR) is 55.7 cm³/mol. The standard InChI is InChI=1S/C9H14N2O6/c1-5(13)10-11-9(17-7(3)15)8(4-12)16-6(2)14/h8,12H,4H2,1-3H3,(H,10,13)/b11-9-. The molecular weight excluding hydrogens is 232 g/mol. The van der Waals surface area contributed by atoms with Crippen molar-refractivity contribution < 1.29 is 29.0 Å². The van der Waals surface area contributed by atoms with Gasteiger partial charge >= 0.3 is 11.9 Å². The third-order valence-electron chi connectivity index (χ3n) is 1.32. The lowest BCUT2D eigenvalue weighted by Crippen LogP contribution is -2.35. The van der Waals surface area contributed by atoms with Crippen LogP contribution in [0.3, 0.4) is 0 Å². The monoisotopic (exact) mass is 246 g/mol. The van der Waals surface area contributed by atoms with Crippen LogP contribution in [0.1, 0.15) is 20.8 Å². The van der Waals surface area contributed by atoms with E-state index in [1.165, 1.54) is 6.92 Å². The first-order valence-electron chi connectivity index (χ1n) is 4.67. The summed E-state index contributed by atoms with van der Waals surface area (Å²) in [6.07, 6.45) is -1.25. The molecule has 0 fully saturated rings. The highest BCUT2D eigenvalue weighted by molar-refractivity contribution is 5.92. The first-order valence-corrected chi connectivity index (χ1v) is 4.67. The summed E-state index contributed by atoms with van der Waals surface area (Å²) in [4.78, 5) is 32.1. The Bertz CT molecular complexity index is 338. The third kappa shape index (κ3) is 7.01. The molecule has 2 N–H and O–H groups in total. The maximum absolute atomic E-state index is 10.8. The van der Waals surface area contributed by atoms with E-state index in [4.69, 9.17) is 5.11 Å². The van der Waals surface area contributed by atoms with Gasteiger partial charge in [0, 0.05) is 20.8 Å². The Morgan fingerprint density at radius 3 is 2.18 bits per heavy atom. The summed E-state index contributed by atoms with van der Waals surface area (Å²) >= 11 is 0. The molecule has 0 aromatic rings. The lowest BCUT2D eigenvalue weighted by molar-refractivity contribution is -0.147. The summed E-state index contributed by atoms with van der Waals surface area (Å²) < 4.78 is 9.26. The number of hydrazone groups is 1. The molecule has 0 aromatic heterocycles. The molecule has 96 valence electrons. The van der Waals surface area contributed by atoms with Crippen LogP contribution in [0.2, 0.25) is 0 Å². The molecular formula is C9H14N2O6. The zero-order valence-corrected chi connectivity index (χ0v) is 9.72. The molecule has 0 aliphatic carbocycles. The highest BCUT2D eigenvalue weighted by atomic mass is 16.6.